The summed E-state index contributed by atoms with van der Waals surface area (Å²) in [5, 5.41) is 0.591. The summed E-state index contributed by atoms with van der Waals surface area (Å²) in [4.78, 5) is 17.0. The fourth-order valence-corrected chi connectivity index (χ4v) is 4.08. The van der Waals surface area contributed by atoms with Crippen LogP contribution in [0.2, 0.25) is 5.02 Å². The predicted octanol–water partition coefficient (Wildman–Crippen LogP) is 5.14. The lowest BCUT2D eigenvalue weighted by atomic mass is 10.1. The Hall–Kier alpha value is -1.69. The SMILES string of the molecule is CC1CN(Cc2ccc(F)cc2)CCN1C=CC(=O)c1ccc(Cl)cc1Br. The Morgan fingerprint density at radius 2 is 2.00 bits per heavy atom. The Labute approximate surface area is 172 Å². The summed E-state index contributed by atoms with van der Waals surface area (Å²) < 4.78 is 13.7. The Balaban J connectivity index is 1.57. The summed E-state index contributed by atoms with van der Waals surface area (Å²) in [6, 6.07) is 12.1. The highest BCUT2D eigenvalue weighted by atomic mass is 79.9. The first kappa shape index (κ1) is 20.1. The lowest BCUT2D eigenvalue weighted by Crippen LogP contribution is -2.49. The summed E-state index contributed by atoms with van der Waals surface area (Å²) in [5.41, 5.74) is 1.70. The normalized spacial score (nSPS) is 18.2. The monoisotopic (exact) mass is 450 g/mol. The van der Waals surface area contributed by atoms with Gasteiger partial charge in [0, 0.05) is 59.6 Å². The molecule has 0 spiro atoms. The van der Waals surface area contributed by atoms with E-state index in [4.69, 9.17) is 11.6 Å². The van der Waals surface area contributed by atoms with Gasteiger partial charge >= 0.3 is 0 Å². The third-order valence-electron chi connectivity index (χ3n) is 4.70. The van der Waals surface area contributed by atoms with Gasteiger partial charge in [0.1, 0.15) is 5.82 Å². The van der Waals surface area contributed by atoms with E-state index in [1.807, 2.05) is 18.3 Å². The number of carbonyl (C=O) groups is 1. The zero-order chi connectivity index (χ0) is 19.4. The van der Waals surface area contributed by atoms with Crippen molar-refractivity contribution in [3.8, 4) is 0 Å². The second-order valence-corrected chi connectivity index (χ2v) is 8.04. The van der Waals surface area contributed by atoms with Gasteiger partial charge in [-0.1, -0.05) is 23.7 Å². The van der Waals surface area contributed by atoms with E-state index in [2.05, 4.69) is 32.7 Å². The lowest BCUT2D eigenvalue weighted by molar-refractivity contribution is 0.102. The van der Waals surface area contributed by atoms with Gasteiger partial charge in [-0.05, 0) is 58.7 Å². The van der Waals surface area contributed by atoms with Crippen LogP contribution >= 0.6 is 27.5 Å². The second-order valence-electron chi connectivity index (χ2n) is 6.75. The number of nitrogens with zero attached hydrogens (tertiary/aromatic N) is 2. The van der Waals surface area contributed by atoms with Crippen molar-refractivity contribution in [3.05, 3.63) is 81.2 Å². The quantitative estimate of drug-likeness (QED) is 0.464. The van der Waals surface area contributed by atoms with Crippen molar-refractivity contribution in [1.29, 1.82) is 0 Å². The summed E-state index contributed by atoms with van der Waals surface area (Å²) in [6.45, 7) is 5.57. The molecule has 1 atom stereocenters. The van der Waals surface area contributed by atoms with E-state index < -0.39 is 0 Å². The molecule has 1 unspecified atom stereocenters. The minimum Gasteiger partial charge on any atom is -0.372 e. The fourth-order valence-electron chi connectivity index (χ4n) is 3.20. The summed E-state index contributed by atoms with van der Waals surface area (Å²) >= 11 is 9.31. The van der Waals surface area contributed by atoms with Crippen LogP contribution < -0.4 is 0 Å². The molecule has 3 rings (SSSR count). The van der Waals surface area contributed by atoms with Gasteiger partial charge in [0.15, 0.2) is 5.78 Å². The van der Waals surface area contributed by atoms with Crippen LogP contribution in [0.4, 0.5) is 4.39 Å². The average molecular weight is 452 g/mol. The molecule has 2 aromatic rings. The lowest BCUT2D eigenvalue weighted by Gasteiger charge is -2.39. The number of benzene rings is 2. The molecule has 0 radical (unpaired) electrons. The molecule has 0 bridgehead atoms. The van der Waals surface area contributed by atoms with Gasteiger partial charge in [-0.25, -0.2) is 4.39 Å². The molecule has 1 aliphatic rings. The van der Waals surface area contributed by atoms with E-state index in [-0.39, 0.29) is 17.6 Å². The van der Waals surface area contributed by atoms with Crippen molar-refractivity contribution in [3.63, 3.8) is 0 Å². The van der Waals surface area contributed by atoms with Crippen LogP contribution in [0.15, 0.2) is 59.2 Å². The molecule has 2 aromatic carbocycles. The summed E-state index contributed by atoms with van der Waals surface area (Å²) in [6.07, 6.45) is 3.49. The van der Waals surface area contributed by atoms with Crippen molar-refractivity contribution in [1.82, 2.24) is 9.80 Å². The zero-order valence-electron chi connectivity index (χ0n) is 15.0. The van der Waals surface area contributed by atoms with Crippen molar-refractivity contribution < 1.29 is 9.18 Å². The maximum atomic E-state index is 13.0. The Bertz CT molecular complexity index is 841. The second kappa shape index (κ2) is 9.00. The molecule has 1 aliphatic heterocycles. The number of carbonyl (C=O) groups excluding carboxylic acids is 1. The van der Waals surface area contributed by atoms with Crippen molar-refractivity contribution in [2.75, 3.05) is 19.6 Å². The first-order valence-electron chi connectivity index (χ1n) is 8.82. The van der Waals surface area contributed by atoms with Crippen molar-refractivity contribution in [2.24, 2.45) is 0 Å². The van der Waals surface area contributed by atoms with E-state index in [0.717, 1.165) is 31.7 Å². The number of ketones is 1. The molecule has 1 heterocycles. The van der Waals surface area contributed by atoms with Crippen LogP contribution in [-0.2, 0) is 6.54 Å². The van der Waals surface area contributed by atoms with E-state index in [1.165, 1.54) is 12.1 Å². The molecule has 0 saturated carbocycles. The van der Waals surface area contributed by atoms with Gasteiger partial charge in [0.25, 0.3) is 0 Å². The highest BCUT2D eigenvalue weighted by Crippen LogP contribution is 2.22. The van der Waals surface area contributed by atoms with Gasteiger partial charge < -0.3 is 4.90 Å². The molecule has 6 heteroatoms. The topological polar surface area (TPSA) is 23.6 Å². The third kappa shape index (κ3) is 5.41. The first-order valence-corrected chi connectivity index (χ1v) is 9.99. The standard InChI is InChI=1S/C21H21BrClFN2O/c1-15-13-25(14-16-2-5-18(24)6-3-16)10-11-26(15)9-8-21(27)19-7-4-17(23)12-20(19)22/h2-9,12,15H,10-11,13-14H2,1H3. The minimum absolute atomic E-state index is 0.0560. The smallest absolute Gasteiger partial charge is 0.188 e. The molecule has 0 aliphatic carbocycles. The zero-order valence-corrected chi connectivity index (χ0v) is 17.4. The van der Waals surface area contributed by atoms with Crippen molar-refractivity contribution in [2.45, 2.75) is 19.5 Å². The van der Waals surface area contributed by atoms with Crippen LogP contribution in [-0.4, -0.2) is 41.3 Å². The number of hydrogen-bond donors (Lipinski definition) is 0. The Kier molecular flexibility index (Phi) is 6.68. The van der Waals surface area contributed by atoms with E-state index in [0.29, 0.717) is 15.1 Å². The van der Waals surface area contributed by atoms with Crippen LogP contribution in [0, 0.1) is 5.82 Å². The minimum atomic E-state index is -0.209. The molecule has 1 saturated heterocycles. The summed E-state index contributed by atoms with van der Waals surface area (Å²) in [7, 11) is 0. The van der Waals surface area contributed by atoms with Crippen LogP contribution in [0.5, 0.6) is 0 Å². The fraction of sp³-hybridized carbons (Fsp3) is 0.286. The highest BCUT2D eigenvalue weighted by Gasteiger charge is 2.21. The molecule has 0 amide bonds. The molecule has 1 fully saturated rings. The molecule has 0 N–H and O–H groups in total. The number of piperazine rings is 1. The molecule has 27 heavy (non-hydrogen) atoms. The van der Waals surface area contributed by atoms with Crippen LogP contribution in [0.25, 0.3) is 0 Å². The predicted molar refractivity (Wildman–Crippen MR) is 110 cm³/mol. The molecule has 0 aromatic heterocycles. The number of hydrogen-bond acceptors (Lipinski definition) is 3. The molecular weight excluding hydrogens is 431 g/mol. The maximum Gasteiger partial charge on any atom is 0.188 e. The van der Waals surface area contributed by atoms with E-state index in [1.54, 1.807) is 24.3 Å². The van der Waals surface area contributed by atoms with E-state index >= 15 is 0 Å². The Morgan fingerprint density at radius 1 is 1.26 bits per heavy atom. The van der Waals surface area contributed by atoms with Crippen LogP contribution in [0.3, 0.4) is 0 Å². The average Bonchev–Trinajstić information content (AvgIpc) is 2.63. The number of halogens is 3. The van der Waals surface area contributed by atoms with Crippen molar-refractivity contribution >= 4 is 33.3 Å². The van der Waals surface area contributed by atoms with Gasteiger partial charge in [-0.15, -0.1) is 0 Å². The molecule has 142 valence electrons. The highest BCUT2D eigenvalue weighted by molar-refractivity contribution is 9.10. The maximum absolute atomic E-state index is 13.0. The van der Waals surface area contributed by atoms with Gasteiger partial charge in [0.2, 0.25) is 0 Å². The van der Waals surface area contributed by atoms with Gasteiger partial charge in [-0.3, -0.25) is 9.69 Å². The Morgan fingerprint density at radius 3 is 2.67 bits per heavy atom. The first-order chi connectivity index (χ1) is 12.9. The third-order valence-corrected chi connectivity index (χ3v) is 5.59. The molecular formula is C21H21BrClFN2O. The number of allylic oxidation sites excluding steroid dienone is 1. The number of rotatable bonds is 5. The molecule has 3 nitrogen and oxygen atoms in total. The van der Waals surface area contributed by atoms with Crippen LogP contribution in [0.1, 0.15) is 22.8 Å². The summed E-state index contributed by atoms with van der Waals surface area (Å²) in [5.74, 6) is -0.265. The largest absolute Gasteiger partial charge is 0.372 e. The van der Waals surface area contributed by atoms with E-state index in [9.17, 15) is 9.18 Å². The van der Waals surface area contributed by atoms with Gasteiger partial charge in [0.05, 0.1) is 0 Å². The van der Waals surface area contributed by atoms with Gasteiger partial charge in [-0.2, -0.15) is 0 Å².